The van der Waals surface area contributed by atoms with Crippen molar-refractivity contribution in [2.24, 2.45) is 5.92 Å². The van der Waals surface area contributed by atoms with Crippen molar-refractivity contribution < 1.29 is 0 Å². The average Bonchev–Trinajstić information content (AvgIpc) is 2.65. The van der Waals surface area contributed by atoms with E-state index in [0.29, 0.717) is 12.0 Å². The van der Waals surface area contributed by atoms with Crippen molar-refractivity contribution in [3.8, 4) is 0 Å². The Kier molecular flexibility index (Phi) is 1.54. The smallest absolute Gasteiger partial charge is 0.0473 e. The average molecular weight is 210 g/mol. The van der Waals surface area contributed by atoms with Crippen molar-refractivity contribution in [3.05, 3.63) is 59.0 Å². The second kappa shape index (κ2) is 2.91. The number of hydrogen-bond donors (Lipinski definition) is 2. The zero-order chi connectivity index (χ0) is 10.5. The van der Waals surface area contributed by atoms with Crippen LogP contribution in [0.5, 0.6) is 0 Å². The van der Waals surface area contributed by atoms with Crippen molar-refractivity contribution in [2.45, 2.75) is 12.5 Å². The lowest BCUT2D eigenvalue weighted by Gasteiger charge is -2.28. The number of fused-ring (bicyclic) bond motifs is 6. The van der Waals surface area contributed by atoms with Crippen LogP contribution in [0.2, 0.25) is 0 Å². The maximum absolute atomic E-state index is 3.66. The monoisotopic (exact) mass is 210 g/mol. The predicted octanol–water partition coefficient (Wildman–Crippen LogP) is 1.77. The summed E-state index contributed by atoms with van der Waals surface area (Å²) >= 11 is 0. The summed E-state index contributed by atoms with van der Waals surface area (Å²) in [5.41, 5.74) is 5.70. The van der Waals surface area contributed by atoms with Crippen LogP contribution in [0.4, 0.5) is 0 Å². The quantitative estimate of drug-likeness (QED) is 0.636. The molecular formula is C14H14N2. The lowest BCUT2D eigenvalue weighted by atomic mass is 9.88. The summed E-state index contributed by atoms with van der Waals surface area (Å²) in [5.74, 6) is 0.576. The van der Waals surface area contributed by atoms with Gasteiger partial charge in [0.2, 0.25) is 0 Å². The van der Waals surface area contributed by atoms with Gasteiger partial charge in [-0.2, -0.15) is 0 Å². The van der Waals surface area contributed by atoms with Gasteiger partial charge in [0.1, 0.15) is 0 Å². The second-order valence-corrected chi connectivity index (χ2v) is 4.75. The zero-order valence-corrected chi connectivity index (χ0v) is 9.03. The predicted molar refractivity (Wildman–Crippen MR) is 64.5 cm³/mol. The summed E-state index contributed by atoms with van der Waals surface area (Å²) in [6, 6.07) is 0.577. The fourth-order valence-corrected chi connectivity index (χ4v) is 3.14. The molecule has 2 atom stereocenters. The minimum absolute atomic E-state index is 0.576. The minimum Gasteiger partial charge on any atom is -0.387 e. The molecule has 3 aliphatic heterocycles. The molecule has 4 aliphatic rings. The molecule has 0 saturated carbocycles. The van der Waals surface area contributed by atoms with Crippen LogP contribution in [0.1, 0.15) is 6.42 Å². The van der Waals surface area contributed by atoms with Gasteiger partial charge in [-0.3, -0.25) is 0 Å². The third-order valence-electron chi connectivity index (χ3n) is 3.88. The van der Waals surface area contributed by atoms with Crippen molar-refractivity contribution >= 4 is 0 Å². The summed E-state index contributed by atoms with van der Waals surface area (Å²) in [7, 11) is 0. The van der Waals surface area contributed by atoms with Gasteiger partial charge in [0.05, 0.1) is 0 Å². The van der Waals surface area contributed by atoms with Crippen molar-refractivity contribution in [1.82, 2.24) is 10.6 Å². The van der Waals surface area contributed by atoms with Crippen LogP contribution in [0.3, 0.4) is 0 Å². The molecule has 1 aliphatic carbocycles. The van der Waals surface area contributed by atoms with Crippen LogP contribution in [-0.4, -0.2) is 12.6 Å². The molecule has 0 radical (unpaired) electrons. The van der Waals surface area contributed by atoms with Gasteiger partial charge in [-0.15, -0.1) is 0 Å². The molecule has 80 valence electrons. The van der Waals surface area contributed by atoms with E-state index >= 15 is 0 Å². The van der Waals surface area contributed by atoms with E-state index in [9.17, 15) is 0 Å². The van der Waals surface area contributed by atoms with E-state index in [-0.39, 0.29) is 0 Å². The van der Waals surface area contributed by atoms with Gasteiger partial charge in [0.25, 0.3) is 0 Å². The molecule has 2 unspecified atom stereocenters. The highest BCUT2D eigenvalue weighted by Gasteiger charge is 2.39. The summed E-state index contributed by atoms with van der Waals surface area (Å²) < 4.78 is 0. The standard InChI is InChI=1S/C14H14N2/c1-2-4-11-10(3-1)13-7-9-5-6-15-8-12(9)14(11)16-13/h1-5,8,10,13,15-16H,6-7H2. The maximum atomic E-state index is 3.66. The first kappa shape index (κ1) is 8.45. The van der Waals surface area contributed by atoms with Crippen LogP contribution in [0.25, 0.3) is 0 Å². The molecule has 4 rings (SSSR count). The molecular weight excluding hydrogens is 196 g/mol. The fourth-order valence-electron chi connectivity index (χ4n) is 3.14. The largest absolute Gasteiger partial charge is 0.387 e. The van der Waals surface area contributed by atoms with E-state index in [1.54, 1.807) is 0 Å². The van der Waals surface area contributed by atoms with Crippen LogP contribution >= 0.6 is 0 Å². The molecule has 1 saturated heterocycles. The zero-order valence-electron chi connectivity index (χ0n) is 9.03. The highest BCUT2D eigenvalue weighted by Crippen LogP contribution is 2.43. The number of piperidine rings is 1. The molecule has 2 bridgehead atoms. The van der Waals surface area contributed by atoms with Gasteiger partial charge in [0, 0.05) is 36.0 Å². The molecule has 2 nitrogen and oxygen atoms in total. The summed E-state index contributed by atoms with van der Waals surface area (Å²) in [5, 5.41) is 6.97. The van der Waals surface area contributed by atoms with Crippen LogP contribution in [0, 0.1) is 5.92 Å². The second-order valence-electron chi connectivity index (χ2n) is 4.75. The fraction of sp³-hybridized carbons (Fsp3) is 0.286. The summed E-state index contributed by atoms with van der Waals surface area (Å²) in [6.45, 7) is 0.977. The van der Waals surface area contributed by atoms with E-state index < -0.39 is 0 Å². The topological polar surface area (TPSA) is 24.1 Å². The molecule has 2 heteroatoms. The van der Waals surface area contributed by atoms with Crippen LogP contribution in [-0.2, 0) is 0 Å². The molecule has 1 fully saturated rings. The Hall–Kier alpha value is -1.70. The minimum atomic E-state index is 0.576. The van der Waals surface area contributed by atoms with Gasteiger partial charge < -0.3 is 10.6 Å². The van der Waals surface area contributed by atoms with Gasteiger partial charge in [-0.05, 0) is 17.6 Å². The lowest BCUT2D eigenvalue weighted by molar-refractivity contribution is 0.515. The number of nitrogens with one attached hydrogen (secondary N) is 2. The van der Waals surface area contributed by atoms with Crippen molar-refractivity contribution in [3.63, 3.8) is 0 Å². The van der Waals surface area contributed by atoms with E-state index in [2.05, 4.69) is 47.2 Å². The summed E-state index contributed by atoms with van der Waals surface area (Å²) in [4.78, 5) is 0. The Balaban J connectivity index is 1.91. The van der Waals surface area contributed by atoms with E-state index in [0.717, 1.165) is 13.0 Å². The highest BCUT2D eigenvalue weighted by molar-refractivity contribution is 5.60. The van der Waals surface area contributed by atoms with Crippen molar-refractivity contribution in [1.29, 1.82) is 0 Å². The Bertz CT molecular complexity index is 503. The third-order valence-corrected chi connectivity index (χ3v) is 3.88. The van der Waals surface area contributed by atoms with E-state index in [4.69, 9.17) is 0 Å². The molecule has 0 spiro atoms. The van der Waals surface area contributed by atoms with Crippen molar-refractivity contribution in [2.75, 3.05) is 6.54 Å². The van der Waals surface area contributed by atoms with Gasteiger partial charge in [-0.25, -0.2) is 0 Å². The first-order chi connectivity index (χ1) is 7.93. The number of rotatable bonds is 0. The Morgan fingerprint density at radius 3 is 3.25 bits per heavy atom. The van der Waals surface area contributed by atoms with Gasteiger partial charge >= 0.3 is 0 Å². The Morgan fingerprint density at radius 1 is 1.25 bits per heavy atom. The molecule has 2 N–H and O–H groups in total. The molecule has 0 aromatic rings. The Labute approximate surface area is 95.1 Å². The van der Waals surface area contributed by atoms with Crippen LogP contribution < -0.4 is 10.6 Å². The third kappa shape index (κ3) is 0.967. The van der Waals surface area contributed by atoms with E-state index in [1.807, 2.05) is 0 Å². The van der Waals surface area contributed by atoms with Gasteiger partial charge in [-0.1, -0.05) is 30.4 Å². The molecule has 0 aromatic heterocycles. The van der Waals surface area contributed by atoms with E-state index in [1.165, 1.54) is 22.4 Å². The van der Waals surface area contributed by atoms with Gasteiger partial charge in [0.15, 0.2) is 0 Å². The normalized spacial score (nSPS) is 33.5. The molecule has 3 heterocycles. The number of allylic oxidation sites excluding steroid dienone is 4. The molecule has 0 amide bonds. The number of dihydropyridines is 1. The lowest BCUT2D eigenvalue weighted by Crippen LogP contribution is -2.34. The first-order valence-electron chi connectivity index (χ1n) is 5.92. The maximum Gasteiger partial charge on any atom is 0.0473 e. The first-order valence-corrected chi connectivity index (χ1v) is 5.92. The SMILES string of the molecule is C1=CC2=C3NC(CC4=CCNC=C43)C2C=C1. The molecule has 0 aromatic carbocycles. The summed E-state index contributed by atoms with van der Waals surface area (Å²) in [6.07, 6.45) is 14.5. The number of hydrogen-bond acceptors (Lipinski definition) is 2. The van der Waals surface area contributed by atoms with Crippen LogP contribution in [0.15, 0.2) is 59.0 Å². The Morgan fingerprint density at radius 2 is 2.25 bits per heavy atom. The molecule has 16 heavy (non-hydrogen) atoms. The highest BCUT2D eigenvalue weighted by atomic mass is 15.0.